The zero-order chi connectivity index (χ0) is 17.3. The maximum absolute atomic E-state index is 13.6. The van der Waals surface area contributed by atoms with Gasteiger partial charge in [0.15, 0.2) is 11.6 Å². The van der Waals surface area contributed by atoms with Crippen LogP contribution < -0.4 is 14.4 Å². The Kier molecular flexibility index (Phi) is 4.62. The third kappa shape index (κ3) is 2.91. The first kappa shape index (κ1) is 16.6. The Bertz CT molecular complexity index is 784. The van der Waals surface area contributed by atoms with E-state index < -0.39 is 17.0 Å². The number of benzene rings is 2. The summed E-state index contributed by atoms with van der Waals surface area (Å²) in [5.74, 6) is -0.662. The van der Waals surface area contributed by atoms with E-state index >= 15 is 0 Å². The third-order valence-corrected chi connectivity index (χ3v) is 4.96. The molecule has 0 spiro atoms. The van der Waals surface area contributed by atoms with Crippen LogP contribution >= 0.6 is 11.8 Å². The van der Waals surface area contributed by atoms with E-state index in [4.69, 9.17) is 9.47 Å². The number of anilines is 1. The van der Waals surface area contributed by atoms with Crippen LogP contribution in [0.2, 0.25) is 0 Å². The molecule has 1 unspecified atom stereocenters. The van der Waals surface area contributed by atoms with Gasteiger partial charge in [0.2, 0.25) is 5.91 Å². The van der Waals surface area contributed by atoms with Crippen LogP contribution in [-0.2, 0) is 4.79 Å². The number of methoxy groups -OCH3 is 2. The molecular formula is C17H15F2NO3S. The Labute approximate surface area is 142 Å². The monoisotopic (exact) mass is 351 g/mol. The molecule has 1 aliphatic rings. The van der Waals surface area contributed by atoms with Gasteiger partial charge in [0, 0.05) is 6.07 Å². The van der Waals surface area contributed by atoms with Crippen LogP contribution in [0.4, 0.5) is 14.5 Å². The van der Waals surface area contributed by atoms with E-state index in [2.05, 4.69) is 0 Å². The van der Waals surface area contributed by atoms with Crippen LogP contribution in [0.25, 0.3) is 0 Å². The first-order chi connectivity index (χ1) is 11.5. The SMILES string of the molecule is COc1ccc(N2C(=O)CSC2c2ccc(F)c(F)c2)c(OC)c1. The van der Waals surface area contributed by atoms with Crippen molar-refractivity contribution in [3.8, 4) is 11.5 Å². The molecule has 7 heteroatoms. The predicted molar refractivity (Wildman–Crippen MR) is 88.6 cm³/mol. The highest BCUT2D eigenvalue weighted by Gasteiger charge is 2.36. The summed E-state index contributed by atoms with van der Waals surface area (Å²) in [5, 5.41) is -0.449. The number of ether oxygens (including phenoxy) is 2. The zero-order valence-electron chi connectivity index (χ0n) is 13.1. The second-order valence-electron chi connectivity index (χ2n) is 5.14. The number of rotatable bonds is 4. The van der Waals surface area contributed by atoms with E-state index in [9.17, 15) is 13.6 Å². The van der Waals surface area contributed by atoms with Crippen molar-refractivity contribution in [3.63, 3.8) is 0 Å². The van der Waals surface area contributed by atoms with Gasteiger partial charge in [0.1, 0.15) is 16.9 Å². The van der Waals surface area contributed by atoms with Crippen molar-refractivity contribution < 1.29 is 23.0 Å². The molecule has 4 nitrogen and oxygen atoms in total. The van der Waals surface area contributed by atoms with Gasteiger partial charge in [-0.05, 0) is 29.8 Å². The number of hydrogen-bond acceptors (Lipinski definition) is 4. The molecule has 126 valence electrons. The molecule has 3 rings (SSSR count). The summed E-state index contributed by atoms with van der Waals surface area (Å²) in [5.41, 5.74) is 1.07. The Hall–Kier alpha value is -2.28. The molecule has 0 N–H and O–H groups in total. The first-order valence-electron chi connectivity index (χ1n) is 7.15. The van der Waals surface area contributed by atoms with E-state index in [-0.39, 0.29) is 11.7 Å². The van der Waals surface area contributed by atoms with Gasteiger partial charge >= 0.3 is 0 Å². The summed E-state index contributed by atoms with van der Waals surface area (Å²) >= 11 is 1.35. The summed E-state index contributed by atoms with van der Waals surface area (Å²) in [6, 6.07) is 8.78. The Morgan fingerprint density at radius 3 is 2.54 bits per heavy atom. The van der Waals surface area contributed by atoms with Crippen molar-refractivity contribution in [1.29, 1.82) is 0 Å². The van der Waals surface area contributed by atoms with Crippen molar-refractivity contribution in [3.05, 3.63) is 53.6 Å². The van der Waals surface area contributed by atoms with Crippen LogP contribution in [0.1, 0.15) is 10.9 Å². The first-order valence-corrected chi connectivity index (χ1v) is 8.20. The number of thioether (sulfide) groups is 1. The molecule has 1 aliphatic heterocycles. The second kappa shape index (κ2) is 6.68. The quantitative estimate of drug-likeness (QED) is 0.841. The Morgan fingerprint density at radius 1 is 1.08 bits per heavy atom. The fourth-order valence-electron chi connectivity index (χ4n) is 2.58. The molecule has 1 atom stereocenters. The molecule has 0 radical (unpaired) electrons. The number of nitrogens with zero attached hydrogens (tertiary/aromatic N) is 1. The molecule has 24 heavy (non-hydrogen) atoms. The van der Waals surface area contributed by atoms with Crippen molar-refractivity contribution in [1.82, 2.24) is 0 Å². The van der Waals surface area contributed by atoms with Crippen LogP contribution in [-0.4, -0.2) is 25.9 Å². The largest absolute Gasteiger partial charge is 0.497 e. The zero-order valence-corrected chi connectivity index (χ0v) is 13.9. The molecule has 2 aromatic rings. The smallest absolute Gasteiger partial charge is 0.238 e. The lowest BCUT2D eigenvalue weighted by Gasteiger charge is -2.26. The fraction of sp³-hybridized carbons (Fsp3) is 0.235. The molecule has 2 aromatic carbocycles. The molecule has 1 saturated heterocycles. The molecule has 0 bridgehead atoms. The number of carbonyl (C=O) groups is 1. The normalized spacial score (nSPS) is 17.2. The minimum atomic E-state index is -0.936. The van der Waals surface area contributed by atoms with E-state index in [1.807, 2.05) is 0 Å². The number of hydrogen-bond donors (Lipinski definition) is 0. The number of carbonyl (C=O) groups excluding carboxylic acids is 1. The lowest BCUT2D eigenvalue weighted by atomic mass is 10.1. The van der Waals surface area contributed by atoms with Gasteiger partial charge in [0.05, 0.1) is 25.7 Å². The molecule has 0 aromatic heterocycles. The van der Waals surface area contributed by atoms with Crippen LogP contribution in [0.3, 0.4) is 0 Å². The highest BCUT2D eigenvalue weighted by Crippen LogP contribution is 2.45. The molecule has 0 aliphatic carbocycles. The molecule has 1 heterocycles. The average molecular weight is 351 g/mol. The number of amides is 1. The van der Waals surface area contributed by atoms with Gasteiger partial charge < -0.3 is 9.47 Å². The maximum Gasteiger partial charge on any atom is 0.238 e. The highest BCUT2D eigenvalue weighted by molar-refractivity contribution is 8.00. The molecule has 1 fully saturated rings. The fourth-order valence-corrected chi connectivity index (χ4v) is 3.74. The van der Waals surface area contributed by atoms with Gasteiger partial charge in [-0.25, -0.2) is 8.78 Å². The standard InChI is InChI=1S/C17H15F2NO3S/c1-22-11-4-6-14(15(8-11)23-2)20-16(21)9-24-17(20)10-3-5-12(18)13(19)7-10/h3-8,17H,9H2,1-2H3. The van der Waals surface area contributed by atoms with Crippen molar-refractivity contribution in [2.24, 2.45) is 0 Å². The van der Waals surface area contributed by atoms with Crippen molar-refractivity contribution >= 4 is 23.4 Å². The summed E-state index contributed by atoms with van der Waals surface area (Å²) < 4.78 is 37.3. The molecular weight excluding hydrogens is 336 g/mol. The van der Waals surface area contributed by atoms with E-state index in [1.54, 1.807) is 18.2 Å². The van der Waals surface area contributed by atoms with Gasteiger partial charge in [-0.15, -0.1) is 11.8 Å². The summed E-state index contributed by atoms with van der Waals surface area (Å²) in [4.78, 5) is 13.9. The van der Waals surface area contributed by atoms with Crippen LogP contribution in [0.15, 0.2) is 36.4 Å². The Balaban J connectivity index is 2.04. The summed E-state index contributed by atoms with van der Waals surface area (Å²) in [6.45, 7) is 0. The maximum atomic E-state index is 13.6. The predicted octanol–water partition coefficient (Wildman–Crippen LogP) is 3.76. The lowest BCUT2D eigenvalue weighted by molar-refractivity contribution is -0.115. The summed E-state index contributed by atoms with van der Waals surface area (Å²) in [7, 11) is 3.04. The highest BCUT2D eigenvalue weighted by atomic mass is 32.2. The topological polar surface area (TPSA) is 38.8 Å². The molecule has 1 amide bonds. The van der Waals surface area contributed by atoms with Crippen molar-refractivity contribution in [2.75, 3.05) is 24.9 Å². The van der Waals surface area contributed by atoms with E-state index in [1.165, 1.54) is 36.9 Å². The molecule has 0 saturated carbocycles. The van der Waals surface area contributed by atoms with Crippen LogP contribution in [0.5, 0.6) is 11.5 Å². The number of halogens is 2. The van der Waals surface area contributed by atoms with E-state index in [0.29, 0.717) is 22.7 Å². The van der Waals surface area contributed by atoms with Gasteiger partial charge in [-0.3, -0.25) is 9.69 Å². The average Bonchev–Trinajstić information content (AvgIpc) is 2.98. The Morgan fingerprint density at radius 2 is 1.88 bits per heavy atom. The van der Waals surface area contributed by atoms with Crippen molar-refractivity contribution in [2.45, 2.75) is 5.37 Å². The van der Waals surface area contributed by atoms with Crippen LogP contribution in [0, 0.1) is 11.6 Å². The van der Waals surface area contributed by atoms with E-state index in [0.717, 1.165) is 12.1 Å². The lowest BCUT2D eigenvalue weighted by Crippen LogP contribution is -2.28. The third-order valence-electron chi connectivity index (χ3n) is 3.74. The van der Waals surface area contributed by atoms with Gasteiger partial charge in [0.25, 0.3) is 0 Å². The summed E-state index contributed by atoms with van der Waals surface area (Å²) in [6.07, 6.45) is 0. The van der Waals surface area contributed by atoms with Gasteiger partial charge in [-0.1, -0.05) is 6.07 Å². The minimum Gasteiger partial charge on any atom is -0.497 e. The second-order valence-corrected chi connectivity index (χ2v) is 6.21. The minimum absolute atomic E-state index is 0.127. The van der Waals surface area contributed by atoms with Gasteiger partial charge in [-0.2, -0.15) is 0 Å².